The Bertz CT molecular complexity index is 839. The fourth-order valence-electron chi connectivity index (χ4n) is 3.29. The molecule has 1 aliphatic rings. The molecule has 4 nitrogen and oxygen atoms in total. The van der Waals surface area contributed by atoms with Gasteiger partial charge in [0.1, 0.15) is 5.82 Å². The fourth-order valence-corrected chi connectivity index (χ4v) is 3.29. The molecule has 0 unspecified atom stereocenters. The average molecular weight is 330 g/mol. The molecule has 2 N–H and O–H groups in total. The van der Waals surface area contributed by atoms with E-state index < -0.39 is 0 Å². The number of nitrogens with zero attached hydrogens (tertiary/aromatic N) is 3. The molecule has 2 aromatic carbocycles. The number of nitrogens with two attached hydrogens (primary N) is 1. The molecule has 4 heteroatoms. The number of para-hydroxylation sites is 1. The molecule has 0 spiro atoms. The number of benzene rings is 2. The lowest BCUT2D eigenvalue weighted by Gasteiger charge is -2.36. The van der Waals surface area contributed by atoms with Crippen LogP contribution in [0.3, 0.4) is 0 Å². The number of aromatic nitrogens is 1. The van der Waals surface area contributed by atoms with Gasteiger partial charge < -0.3 is 15.5 Å². The Balaban J connectivity index is 1.49. The Hall–Kier alpha value is -3.01. The maximum absolute atomic E-state index is 5.90. The molecule has 0 bridgehead atoms. The van der Waals surface area contributed by atoms with Gasteiger partial charge in [0.15, 0.2) is 0 Å². The number of piperazine rings is 1. The van der Waals surface area contributed by atoms with Crippen molar-refractivity contribution in [2.45, 2.75) is 0 Å². The number of hydrogen-bond acceptors (Lipinski definition) is 4. The maximum Gasteiger partial charge on any atom is 0.129 e. The summed E-state index contributed by atoms with van der Waals surface area (Å²) in [5.41, 5.74) is 9.99. The van der Waals surface area contributed by atoms with Crippen LogP contribution in [0.2, 0.25) is 0 Å². The number of pyridine rings is 1. The van der Waals surface area contributed by atoms with Crippen molar-refractivity contribution in [1.82, 2.24) is 4.98 Å². The quantitative estimate of drug-likeness (QED) is 0.745. The molecule has 1 aromatic heterocycles. The van der Waals surface area contributed by atoms with Gasteiger partial charge in [0, 0.05) is 43.1 Å². The first-order chi connectivity index (χ1) is 12.3. The molecular formula is C21H22N4. The molecule has 0 saturated carbocycles. The van der Waals surface area contributed by atoms with Crippen LogP contribution in [0.1, 0.15) is 0 Å². The molecular weight excluding hydrogens is 308 g/mol. The summed E-state index contributed by atoms with van der Waals surface area (Å²) in [7, 11) is 0. The normalized spacial score (nSPS) is 14.6. The summed E-state index contributed by atoms with van der Waals surface area (Å²) in [5, 5.41) is 0. The van der Waals surface area contributed by atoms with Crippen LogP contribution in [0.15, 0.2) is 72.8 Å². The van der Waals surface area contributed by atoms with Gasteiger partial charge in [-0.05, 0) is 36.4 Å². The Labute approximate surface area is 148 Å². The Morgan fingerprint density at radius 2 is 1.44 bits per heavy atom. The summed E-state index contributed by atoms with van der Waals surface area (Å²) < 4.78 is 0. The zero-order chi connectivity index (χ0) is 17.1. The van der Waals surface area contributed by atoms with Gasteiger partial charge in [0.25, 0.3) is 0 Å². The zero-order valence-corrected chi connectivity index (χ0v) is 14.2. The largest absolute Gasteiger partial charge is 0.399 e. The fraction of sp³-hybridized carbons (Fsp3) is 0.190. The summed E-state index contributed by atoms with van der Waals surface area (Å²) in [6, 6.07) is 24.7. The highest BCUT2D eigenvalue weighted by Gasteiger charge is 2.18. The molecule has 0 radical (unpaired) electrons. The van der Waals surface area contributed by atoms with Crippen LogP contribution in [-0.4, -0.2) is 31.2 Å². The van der Waals surface area contributed by atoms with Crippen molar-refractivity contribution in [1.29, 1.82) is 0 Å². The Morgan fingerprint density at radius 1 is 0.720 bits per heavy atom. The Morgan fingerprint density at radius 3 is 2.20 bits per heavy atom. The van der Waals surface area contributed by atoms with Gasteiger partial charge in [-0.15, -0.1) is 0 Å². The van der Waals surface area contributed by atoms with Crippen LogP contribution in [0.5, 0.6) is 0 Å². The summed E-state index contributed by atoms with van der Waals surface area (Å²) >= 11 is 0. The van der Waals surface area contributed by atoms with Gasteiger partial charge in [-0.1, -0.05) is 36.4 Å². The first-order valence-electron chi connectivity index (χ1n) is 8.67. The second-order valence-corrected chi connectivity index (χ2v) is 6.32. The van der Waals surface area contributed by atoms with Crippen molar-refractivity contribution in [3.63, 3.8) is 0 Å². The van der Waals surface area contributed by atoms with Crippen LogP contribution in [-0.2, 0) is 0 Å². The third-order valence-corrected chi connectivity index (χ3v) is 4.64. The van der Waals surface area contributed by atoms with E-state index in [0.717, 1.165) is 48.9 Å². The lowest BCUT2D eigenvalue weighted by atomic mass is 10.1. The summed E-state index contributed by atoms with van der Waals surface area (Å²) in [4.78, 5) is 9.64. The van der Waals surface area contributed by atoms with E-state index in [1.807, 2.05) is 24.3 Å². The third-order valence-electron chi connectivity index (χ3n) is 4.64. The number of rotatable bonds is 3. The summed E-state index contributed by atoms with van der Waals surface area (Å²) in [6.45, 7) is 3.97. The lowest BCUT2D eigenvalue weighted by Crippen LogP contribution is -2.46. The van der Waals surface area contributed by atoms with Gasteiger partial charge in [-0.25, -0.2) is 4.98 Å². The standard InChI is InChI=1S/C21H22N4/c22-18-7-4-6-17(16-18)20-10-5-11-21(23-20)25-14-12-24(13-15-25)19-8-2-1-3-9-19/h1-11,16H,12-15,22H2. The average Bonchev–Trinajstić information content (AvgIpc) is 2.69. The van der Waals surface area contributed by atoms with Crippen LogP contribution in [0.25, 0.3) is 11.3 Å². The number of nitrogen functional groups attached to an aromatic ring is 1. The smallest absolute Gasteiger partial charge is 0.129 e. The van der Waals surface area contributed by atoms with E-state index >= 15 is 0 Å². The minimum atomic E-state index is 0.765. The van der Waals surface area contributed by atoms with Gasteiger partial charge in [0.2, 0.25) is 0 Å². The van der Waals surface area contributed by atoms with Gasteiger partial charge >= 0.3 is 0 Å². The molecule has 0 aliphatic carbocycles. The third kappa shape index (κ3) is 3.43. The van der Waals surface area contributed by atoms with Crippen molar-refractivity contribution in [3.05, 3.63) is 72.8 Å². The van der Waals surface area contributed by atoms with E-state index in [9.17, 15) is 0 Å². The van der Waals surface area contributed by atoms with Crippen molar-refractivity contribution in [2.75, 3.05) is 41.7 Å². The molecule has 1 fully saturated rings. The van der Waals surface area contributed by atoms with Crippen molar-refractivity contribution in [3.8, 4) is 11.3 Å². The second kappa shape index (κ2) is 6.85. The molecule has 0 amide bonds. The molecule has 4 rings (SSSR count). The summed E-state index contributed by atoms with van der Waals surface area (Å²) in [6.07, 6.45) is 0. The first kappa shape index (κ1) is 15.5. The molecule has 1 aliphatic heterocycles. The van der Waals surface area contributed by atoms with E-state index in [1.165, 1.54) is 5.69 Å². The van der Waals surface area contributed by atoms with E-state index in [1.54, 1.807) is 0 Å². The van der Waals surface area contributed by atoms with Gasteiger partial charge in [0.05, 0.1) is 5.69 Å². The van der Waals surface area contributed by atoms with Crippen LogP contribution < -0.4 is 15.5 Å². The second-order valence-electron chi connectivity index (χ2n) is 6.32. The van der Waals surface area contributed by atoms with Gasteiger partial charge in [-0.3, -0.25) is 0 Å². The highest BCUT2D eigenvalue weighted by molar-refractivity contribution is 5.65. The molecule has 25 heavy (non-hydrogen) atoms. The predicted molar refractivity (Wildman–Crippen MR) is 105 cm³/mol. The minimum absolute atomic E-state index is 0.765. The SMILES string of the molecule is Nc1cccc(-c2cccc(N3CCN(c4ccccc4)CC3)n2)c1. The predicted octanol–water partition coefficient (Wildman–Crippen LogP) is 3.66. The molecule has 0 atom stereocenters. The molecule has 2 heterocycles. The van der Waals surface area contributed by atoms with Crippen molar-refractivity contribution in [2.24, 2.45) is 0 Å². The lowest BCUT2D eigenvalue weighted by molar-refractivity contribution is 0.648. The van der Waals surface area contributed by atoms with E-state index in [2.05, 4.69) is 58.3 Å². The van der Waals surface area contributed by atoms with E-state index in [4.69, 9.17) is 10.7 Å². The van der Waals surface area contributed by atoms with Crippen molar-refractivity contribution < 1.29 is 0 Å². The monoisotopic (exact) mass is 330 g/mol. The van der Waals surface area contributed by atoms with Gasteiger partial charge in [-0.2, -0.15) is 0 Å². The van der Waals surface area contributed by atoms with Crippen molar-refractivity contribution >= 4 is 17.2 Å². The van der Waals surface area contributed by atoms with Crippen LogP contribution >= 0.6 is 0 Å². The molecule has 3 aromatic rings. The van der Waals surface area contributed by atoms with E-state index in [-0.39, 0.29) is 0 Å². The van der Waals surface area contributed by atoms with Crippen LogP contribution in [0.4, 0.5) is 17.2 Å². The van der Waals surface area contributed by atoms with Crippen LogP contribution in [0, 0.1) is 0 Å². The molecule has 126 valence electrons. The maximum atomic E-state index is 5.90. The van der Waals surface area contributed by atoms with E-state index in [0.29, 0.717) is 0 Å². The highest BCUT2D eigenvalue weighted by Crippen LogP contribution is 2.24. The highest BCUT2D eigenvalue weighted by atomic mass is 15.3. The first-order valence-corrected chi connectivity index (χ1v) is 8.67. The minimum Gasteiger partial charge on any atom is -0.399 e. The molecule has 1 saturated heterocycles. The number of hydrogen-bond donors (Lipinski definition) is 1. The zero-order valence-electron chi connectivity index (χ0n) is 14.2. The summed E-state index contributed by atoms with van der Waals surface area (Å²) in [5.74, 6) is 1.03. The topological polar surface area (TPSA) is 45.4 Å². The number of anilines is 3. The Kier molecular flexibility index (Phi) is 4.25.